The van der Waals surface area contributed by atoms with Gasteiger partial charge in [-0.05, 0) is 43.2 Å². The molecule has 0 heterocycles. The number of hydrogen-bond acceptors (Lipinski definition) is 5. The van der Waals surface area contributed by atoms with Crippen LogP contribution < -0.4 is 24.8 Å². The maximum absolute atomic E-state index is 12.8. The average Bonchev–Trinajstić information content (AvgIpc) is 3.25. The van der Waals surface area contributed by atoms with Gasteiger partial charge in [-0.25, -0.2) is 0 Å². The minimum absolute atomic E-state index is 0.0718. The molecule has 1 aliphatic carbocycles. The Morgan fingerprint density at radius 3 is 2.40 bits per heavy atom. The number of rotatable bonds is 8. The fourth-order valence-corrected chi connectivity index (χ4v) is 3.85. The van der Waals surface area contributed by atoms with Gasteiger partial charge in [-0.2, -0.15) is 0 Å². The molecule has 2 aromatic carbocycles. The first kappa shape index (κ1) is 21.5. The highest BCUT2D eigenvalue weighted by Crippen LogP contribution is 2.31. The summed E-state index contributed by atoms with van der Waals surface area (Å²) >= 11 is 0. The van der Waals surface area contributed by atoms with Gasteiger partial charge in [-0.15, -0.1) is 0 Å². The van der Waals surface area contributed by atoms with Gasteiger partial charge >= 0.3 is 0 Å². The highest BCUT2D eigenvalue weighted by atomic mass is 16.5. The highest BCUT2D eigenvalue weighted by Gasteiger charge is 2.34. The van der Waals surface area contributed by atoms with Gasteiger partial charge in [0.15, 0.2) is 11.5 Å². The summed E-state index contributed by atoms with van der Waals surface area (Å²) in [7, 11) is 4.73. The number of carbonyl (C=O) groups is 2. The minimum Gasteiger partial charge on any atom is -0.497 e. The zero-order valence-electron chi connectivity index (χ0n) is 17.6. The third kappa shape index (κ3) is 4.84. The number of ether oxygens (including phenoxy) is 3. The second-order valence-electron chi connectivity index (χ2n) is 7.22. The van der Waals surface area contributed by atoms with Gasteiger partial charge in [0.1, 0.15) is 5.75 Å². The molecule has 0 bridgehead atoms. The standard InChI is InChI=1S/C23H28N2O5/c1-28-17-12-10-15(11-13-17)22(26)25-19-8-5-7-18(19)23(27)24-14-16-6-4-9-20(29-2)21(16)30-3/h4,6,9-13,18-19H,5,7-8,14H2,1-3H3,(H,24,27)(H,25,26)/t18-,19+/m0/s1. The molecule has 3 rings (SSSR count). The van der Waals surface area contributed by atoms with Crippen molar-refractivity contribution in [3.63, 3.8) is 0 Å². The van der Waals surface area contributed by atoms with E-state index in [9.17, 15) is 9.59 Å². The maximum atomic E-state index is 12.8. The van der Waals surface area contributed by atoms with Crippen LogP contribution in [0.3, 0.4) is 0 Å². The lowest BCUT2D eigenvalue weighted by atomic mass is 10.0. The van der Waals surface area contributed by atoms with Crippen molar-refractivity contribution in [1.29, 1.82) is 0 Å². The number of amides is 2. The van der Waals surface area contributed by atoms with Crippen molar-refractivity contribution >= 4 is 11.8 Å². The predicted octanol–water partition coefficient (Wildman–Crippen LogP) is 2.93. The summed E-state index contributed by atoms with van der Waals surface area (Å²) in [6.07, 6.45) is 2.42. The Labute approximate surface area is 176 Å². The first-order valence-corrected chi connectivity index (χ1v) is 10.00. The highest BCUT2D eigenvalue weighted by molar-refractivity contribution is 5.95. The second-order valence-corrected chi connectivity index (χ2v) is 7.22. The van der Waals surface area contributed by atoms with Crippen LogP contribution in [0.2, 0.25) is 0 Å². The molecule has 7 nitrogen and oxygen atoms in total. The van der Waals surface area contributed by atoms with E-state index >= 15 is 0 Å². The monoisotopic (exact) mass is 412 g/mol. The molecular formula is C23H28N2O5. The Morgan fingerprint density at radius 1 is 0.967 bits per heavy atom. The zero-order chi connectivity index (χ0) is 21.5. The van der Waals surface area contributed by atoms with Crippen LogP contribution in [0.5, 0.6) is 17.2 Å². The van der Waals surface area contributed by atoms with Crippen molar-refractivity contribution in [2.45, 2.75) is 31.8 Å². The normalized spacial score (nSPS) is 17.8. The Bertz CT molecular complexity index is 882. The topological polar surface area (TPSA) is 85.9 Å². The van der Waals surface area contributed by atoms with Crippen LogP contribution in [0.1, 0.15) is 35.2 Å². The molecule has 1 aliphatic rings. The lowest BCUT2D eigenvalue weighted by Gasteiger charge is -2.21. The van der Waals surface area contributed by atoms with E-state index in [1.165, 1.54) is 0 Å². The van der Waals surface area contributed by atoms with Crippen molar-refractivity contribution in [2.24, 2.45) is 5.92 Å². The lowest BCUT2D eigenvalue weighted by molar-refractivity contribution is -0.125. The number of nitrogens with one attached hydrogen (secondary N) is 2. The van der Waals surface area contributed by atoms with Crippen molar-refractivity contribution in [3.05, 3.63) is 53.6 Å². The first-order chi connectivity index (χ1) is 14.6. The van der Waals surface area contributed by atoms with Gasteiger partial charge in [-0.3, -0.25) is 9.59 Å². The summed E-state index contributed by atoms with van der Waals surface area (Å²) in [5, 5.41) is 6.00. The van der Waals surface area contributed by atoms with E-state index < -0.39 is 0 Å². The molecule has 0 radical (unpaired) electrons. The van der Waals surface area contributed by atoms with Crippen LogP contribution >= 0.6 is 0 Å². The predicted molar refractivity (Wildman–Crippen MR) is 113 cm³/mol. The molecule has 160 valence electrons. The minimum atomic E-state index is -0.260. The molecule has 2 aromatic rings. The fraction of sp³-hybridized carbons (Fsp3) is 0.391. The third-order valence-corrected chi connectivity index (χ3v) is 5.46. The summed E-state index contributed by atoms with van der Waals surface area (Å²) in [5.41, 5.74) is 1.38. The molecule has 0 aliphatic heterocycles. The van der Waals surface area contributed by atoms with Gasteiger partial charge in [0.05, 0.1) is 27.2 Å². The number of carbonyl (C=O) groups excluding carboxylic acids is 2. The third-order valence-electron chi connectivity index (χ3n) is 5.46. The van der Waals surface area contributed by atoms with Gasteiger partial charge in [0.25, 0.3) is 5.91 Å². The molecule has 30 heavy (non-hydrogen) atoms. The molecule has 1 saturated carbocycles. The largest absolute Gasteiger partial charge is 0.497 e. The van der Waals surface area contributed by atoms with E-state index in [1.54, 1.807) is 45.6 Å². The van der Waals surface area contributed by atoms with E-state index in [0.29, 0.717) is 29.4 Å². The van der Waals surface area contributed by atoms with Gasteiger partial charge < -0.3 is 24.8 Å². The summed E-state index contributed by atoms with van der Waals surface area (Å²) in [6, 6.07) is 12.3. The molecular weight excluding hydrogens is 384 g/mol. The van der Waals surface area contributed by atoms with E-state index in [4.69, 9.17) is 14.2 Å². The number of benzene rings is 2. The quantitative estimate of drug-likeness (QED) is 0.696. The molecule has 0 aromatic heterocycles. The Hall–Kier alpha value is -3.22. The SMILES string of the molecule is COc1ccc(C(=O)N[C@@H]2CCC[C@@H]2C(=O)NCc2cccc(OC)c2OC)cc1. The molecule has 7 heteroatoms. The van der Waals surface area contributed by atoms with Crippen molar-refractivity contribution in [2.75, 3.05) is 21.3 Å². The average molecular weight is 412 g/mol. The van der Waals surface area contributed by atoms with Crippen LogP contribution in [0.4, 0.5) is 0 Å². The maximum Gasteiger partial charge on any atom is 0.251 e. The number of para-hydroxylation sites is 1. The van der Waals surface area contributed by atoms with Gasteiger partial charge in [0.2, 0.25) is 5.91 Å². The zero-order valence-corrected chi connectivity index (χ0v) is 17.6. The van der Waals surface area contributed by atoms with Crippen LogP contribution in [0.15, 0.2) is 42.5 Å². The molecule has 1 fully saturated rings. The summed E-state index contributed by atoms with van der Waals surface area (Å²) < 4.78 is 15.9. The Morgan fingerprint density at radius 2 is 1.73 bits per heavy atom. The smallest absolute Gasteiger partial charge is 0.251 e. The molecule has 2 amide bonds. The van der Waals surface area contributed by atoms with Crippen LogP contribution in [-0.2, 0) is 11.3 Å². The molecule has 0 spiro atoms. The molecule has 0 unspecified atom stereocenters. The first-order valence-electron chi connectivity index (χ1n) is 10.00. The fourth-order valence-electron chi connectivity index (χ4n) is 3.85. The second kappa shape index (κ2) is 10.0. The molecule has 2 atom stereocenters. The van der Waals surface area contributed by atoms with E-state index in [1.807, 2.05) is 18.2 Å². The van der Waals surface area contributed by atoms with E-state index in [2.05, 4.69) is 10.6 Å². The van der Waals surface area contributed by atoms with E-state index in [-0.39, 0.29) is 23.8 Å². The van der Waals surface area contributed by atoms with E-state index in [0.717, 1.165) is 24.8 Å². The van der Waals surface area contributed by atoms with Crippen LogP contribution in [0.25, 0.3) is 0 Å². The summed E-state index contributed by atoms with van der Waals surface area (Å²) in [6.45, 7) is 0.328. The van der Waals surface area contributed by atoms with Crippen LogP contribution in [0, 0.1) is 5.92 Å². The Kier molecular flexibility index (Phi) is 7.17. The molecule has 2 N–H and O–H groups in total. The van der Waals surface area contributed by atoms with Gasteiger partial charge in [0, 0.05) is 23.7 Å². The van der Waals surface area contributed by atoms with Gasteiger partial charge in [-0.1, -0.05) is 18.6 Å². The summed E-state index contributed by atoms with van der Waals surface area (Å²) in [4.78, 5) is 25.4. The van der Waals surface area contributed by atoms with Crippen molar-refractivity contribution in [3.8, 4) is 17.2 Å². The number of hydrogen-bond donors (Lipinski definition) is 2. The van der Waals surface area contributed by atoms with Crippen LogP contribution in [-0.4, -0.2) is 39.2 Å². The summed E-state index contributed by atoms with van der Waals surface area (Å²) in [5.74, 6) is 1.40. The lowest BCUT2D eigenvalue weighted by Crippen LogP contribution is -2.43. The number of methoxy groups -OCH3 is 3. The van der Waals surface area contributed by atoms with Crippen molar-refractivity contribution < 1.29 is 23.8 Å². The molecule has 0 saturated heterocycles. The Balaban J connectivity index is 1.61. The van der Waals surface area contributed by atoms with Crippen molar-refractivity contribution in [1.82, 2.24) is 10.6 Å².